The summed E-state index contributed by atoms with van der Waals surface area (Å²) in [6.07, 6.45) is 0. The van der Waals surface area contributed by atoms with Crippen molar-refractivity contribution >= 4 is 11.4 Å². The van der Waals surface area contributed by atoms with Crippen molar-refractivity contribution in [3.8, 4) is 0 Å². The summed E-state index contributed by atoms with van der Waals surface area (Å²) in [6, 6.07) is 5.14. The molecule has 0 aliphatic rings. The van der Waals surface area contributed by atoms with Crippen LogP contribution in [0, 0.1) is 30.9 Å². The Labute approximate surface area is 123 Å². The number of hydrogen-bond acceptors (Lipinski definition) is 4. The number of nitro benzene ring substituents is 1. The van der Waals surface area contributed by atoms with Gasteiger partial charge in [0, 0.05) is 23.9 Å². The van der Waals surface area contributed by atoms with E-state index >= 15 is 0 Å². The van der Waals surface area contributed by atoms with Gasteiger partial charge >= 0.3 is 0 Å². The van der Waals surface area contributed by atoms with Crippen LogP contribution in [0.1, 0.15) is 29.4 Å². The molecule has 0 bridgehead atoms. The zero-order valence-electron chi connectivity index (χ0n) is 12.8. The lowest BCUT2D eigenvalue weighted by molar-refractivity contribution is -0.384. The zero-order valence-corrected chi connectivity index (χ0v) is 12.8. The summed E-state index contributed by atoms with van der Waals surface area (Å²) in [5.74, 6) is 0. The van der Waals surface area contributed by atoms with E-state index in [2.05, 4.69) is 10.4 Å². The van der Waals surface area contributed by atoms with Gasteiger partial charge < -0.3 is 5.32 Å². The van der Waals surface area contributed by atoms with Crippen LogP contribution in [0.5, 0.6) is 0 Å². The highest BCUT2D eigenvalue weighted by molar-refractivity contribution is 5.66. The molecule has 2 aromatic rings. The first-order valence-electron chi connectivity index (χ1n) is 6.96. The van der Waals surface area contributed by atoms with Gasteiger partial charge in [-0.1, -0.05) is 12.1 Å². The minimum atomic E-state index is -0.353. The summed E-state index contributed by atoms with van der Waals surface area (Å²) in [5, 5.41) is 18.8. The fourth-order valence-corrected chi connectivity index (χ4v) is 2.35. The van der Waals surface area contributed by atoms with Crippen molar-refractivity contribution in [2.24, 2.45) is 0 Å². The molecule has 6 nitrogen and oxygen atoms in total. The Kier molecular flexibility index (Phi) is 4.26. The number of rotatable bonds is 5. The third-order valence-electron chi connectivity index (χ3n) is 3.74. The Morgan fingerprint density at radius 3 is 2.57 bits per heavy atom. The van der Waals surface area contributed by atoms with Gasteiger partial charge in [0.1, 0.15) is 5.69 Å². The third-order valence-corrected chi connectivity index (χ3v) is 3.74. The van der Waals surface area contributed by atoms with E-state index in [-0.39, 0.29) is 10.6 Å². The number of nitro groups is 1. The second-order valence-electron chi connectivity index (χ2n) is 5.05. The first kappa shape index (κ1) is 15.0. The van der Waals surface area contributed by atoms with Crippen molar-refractivity contribution in [3.63, 3.8) is 0 Å². The molecule has 0 atom stereocenters. The Morgan fingerprint density at radius 2 is 2.05 bits per heavy atom. The summed E-state index contributed by atoms with van der Waals surface area (Å²) in [5.41, 5.74) is 4.79. The van der Waals surface area contributed by atoms with Crippen LogP contribution < -0.4 is 5.32 Å². The van der Waals surface area contributed by atoms with Crippen LogP contribution in [0.4, 0.5) is 11.4 Å². The summed E-state index contributed by atoms with van der Waals surface area (Å²) in [4.78, 5) is 10.8. The van der Waals surface area contributed by atoms with E-state index in [0.717, 1.165) is 22.5 Å². The molecule has 0 spiro atoms. The van der Waals surface area contributed by atoms with Crippen LogP contribution in [0.2, 0.25) is 0 Å². The summed E-state index contributed by atoms with van der Waals surface area (Å²) >= 11 is 0. The molecule has 1 aromatic carbocycles. The number of anilines is 1. The lowest BCUT2D eigenvalue weighted by Gasteiger charge is -2.12. The second-order valence-corrected chi connectivity index (χ2v) is 5.05. The highest BCUT2D eigenvalue weighted by atomic mass is 16.6. The van der Waals surface area contributed by atoms with E-state index in [4.69, 9.17) is 0 Å². The standard InChI is InChI=1S/C15H20N4O2/c1-5-16-15-13(7-6-8-14(15)19(20)21)9-18-12(4)10(2)11(3)17-18/h6-8,16H,5,9H2,1-4H3. The van der Waals surface area contributed by atoms with Crippen LogP contribution in [0.3, 0.4) is 0 Å². The molecule has 0 radical (unpaired) electrons. The molecule has 0 aliphatic heterocycles. The van der Waals surface area contributed by atoms with Gasteiger partial charge in [-0.2, -0.15) is 5.10 Å². The summed E-state index contributed by atoms with van der Waals surface area (Å²) in [7, 11) is 0. The number of benzene rings is 1. The monoisotopic (exact) mass is 288 g/mol. The van der Waals surface area contributed by atoms with Crippen LogP contribution in [-0.4, -0.2) is 21.2 Å². The maximum atomic E-state index is 11.2. The van der Waals surface area contributed by atoms with E-state index in [1.54, 1.807) is 6.07 Å². The van der Waals surface area contributed by atoms with Gasteiger partial charge in [0.05, 0.1) is 17.2 Å². The Morgan fingerprint density at radius 1 is 1.33 bits per heavy atom. The average Bonchev–Trinajstić information content (AvgIpc) is 2.68. The van der Waals surface area contributed by atoms with Gasteiger partial charge in [-0.15, -0.1) is 0 Å². The van der Waals surface area contributed by atoms with E-state index in [9.17, 15) is 10.1 Å². The Hall–Kier alpha value is -2.37. The molecule has 0 saturated heterocycles. The molecule has 0 amide bonds. The van der Waals surface area contributed by atoms with Gasteiger partial charge in [-0.05, 0) is 33.3 Å². The van der Waals surface area contributed by atoms with E-state index in [1.807, 2.05) is 38.4 Å². The fraction of sp³-hybridized carbons (Fsp3) is 0.400. The molecule has 6 heteroatoms. The number of hydrogen-bond donors (Lipinski definition) is 1. The fourth-order valence-electron chi connectivity index (χ4n) is 2.35. The van der Waals surface area contributed by atoms with Gasteiger partial charge in [0.25, 0.3) is 5.69 Å². The minimum absolute atomic E-state index is 0.104. The maximum absolute atomic E-state index is 11.2. The smallest absolute Gasteiger partial charge is 0.292 e. The van der Waals surface area contributed by atoms with Crippen LogP contribution in [-0.2, 0) is 6.54 Å². The highest BCUT2D eigenvalue weighted by Crippen LogP contribution is 2.29. The number of para-hydroxylation sites is 1. The van der Waals surface area contributed by atoms with Crippen LogP contribution in [0.25, 0.3) is 0 Å². The quantitative estimate of drug-likeness (QED) is 0.677. The summed E-state index contributed by atoms with van der Waals surface area (Å²) in [6.45, 7) is 9.09. The predicted molar refractivity (Wildman–Crippen MR) is 82.8 cm³/mol. The number of nitrogens with zero attached hydrogens (tertiary/aromatic N) is 3. The van der Waals surface area contributed by atoms with Gasteiger partial charge in [-0.25, -0.2) is 0 Å². The maximum Gasteiger partial charge on any atom is 0.292 e. The molecule has 0 fully saturated rings. The molecule has 0 aliphatic carbocycles. The number of aryl methyl sites for hydroxylation is 1. The number of aromatic nitrogens is 2. The topological polar surface area (TPSA) is 73.0 Å². The van der Waals surface area contributed by atoms with Crippen molar-refractivity contribution in [2.45, 2.75) is 34.2 Å². The van der Waals surface area contributed by atoms with Crippen molar-refractivity contribution in [3.05, 3.63) is 50.8 Å². The van der Waals surface area contributed by atoms with Crippen molar-refractivity contribution in [1.29, 1.82) is 0 Å². The average molecular weight is 288 g/mol. The molecule has 21 heavy (non-hydrogen) atoms. The molecule has 1 N–H and O–H groups in total. The minimum Gasteiger partial charge on any atom is -0.379 e. The molecule has 1 heterocycles. The van der Waals surface area contributed by atoms with Crippen LogP contribution in [0.15, 0.2) is 18.2 Å². The normalized spacial score (nSPS) is 10.7. The van der Waals surface area contributed by atoms with E-state index in [1.165, 1.54) is 6.07 Å². The second kappa shape index (κ2) is 5.95. The first-order valence-corrected chi connectivity index (χ1v) is 6.96. The molecular formula is C15H20N4O2. The lowest BCUT2D eigenvalue weighted by Crippen LogP contribution is -2.10. The van der Waals surface area contributed by atoms with E-state index in [0.29, 0.717) is 18.8 Å². The van der Waals surface area contributed by atoms with Gasteiger partial charge in [0.15, 0.2) is 0 Å². The highest BCUT2D eigenvalue weighted by Gasteiger charge is 2.18. The third kappa shape index (κ3) is 2.89. The molecule has 112 valence electrons. The Balaban J connectivity index is 2.46. The zero-order chi connectivity index (χ0) is 15.6. The largest absolute Gasteiger partial charge is 0.379 e. The molecular weight excluding hydrogens is 268 g/mol. The van der Waals surface area contributed by atoms with Crippen molar-refractivity contribution in [2.75, 3.05) is 11.9 Å². The van der Waals surface area contributed by atoms with Crippen molar-refractivity contribution < 1.29 is 4.92 Å². The predicted octanol–water partition coefficient (Wildman–Crippen LogP) is 3.20. The summed E-state index contributed by atoms with van der Waals surface area (Å²) < 4.78 is 1.89. The van der Waals surface area contributed by atoms with Crippen molar-refractivity contribution in [1.82, 2.24) is 9.78 Å². The number of nitrogens with one attached hydrogen (secondary N) is 1. The molecule has 1 aromatic heterocycles. The van der Waals surface area contributed by atoms with Gasteiger partial charge in [0.2, 0.25) is 0 Å². The molecule has 0 unspecified atom stereocenters. The van der Waals surface area contributed by atoms with Gasteiger partial charge in [-0.3, -0.25) is 14.8 Å². The van der Waals surface area contributed by atoms with E-state index < -0.39 is 0 Å². The molecule has 2 rings (SSSR count). The van der Waals surface area contributed by atoms with Crippen LogP contribution >= 0.6 is 0 Å². The molecule has 0 saturated carbocycles. The SMILES string of the molecule is CCNc1c(Cn2nc(C)c(C)c2C)cccc1[N+](=O)[O-]. The first-order chi connectivity index (χ1) is 9.95. The Bertz CT molecular complexity index is 677. The lowest BCUT2D eigenvalue weighted by atomic mass is 10.1.